The predicted octanol–water partition coefficient (Wildman–Crippen LogP) is 3.35. The fourth-order valence-corrected chi connectivity index (χ4v) is 2.43. The molecule has 28 heavy (non-hydrogen) atoms. The Morgan fingerprint density at radius 3 is 2.57 bits per heavy atom. The summed E-state index contributed by atoms with van der Waals surface area (Å²) in [4.78, 5) is 27.3. The molecule has 1 amide bonds. The summed E-state index contributed by atoms with van der Waals surface area (Å²) in [5.41, 5.74) is 1.22. The lowest BCUT2D eigenvalue weighted by atomic mass is 10.1. The summed E-state index contributed by atoms with van der Waals surface area (Å²) in [6, 6.07) is 9.71. The highest BCUT2D eigenvalue weighted by Gasteiger charge is 2.19. The highest BCUT2D eigenvalue weighted by Crippen LogP contribution is 2.28. The molecule has 1 aromatic carbocycles. The first-order valence-electron chi connectivity index (χ1n) is 8.47. The van der Waals surface area contributed by atoms with E-state index in [1.807, 2.05) is 32.0 Å². The van der Waals surface area contributed by atoms with Crippen molar-refractivity contribution in [3.8, 4) is 0 Å². The van der Waals surface area contributed by atoms with Crippen LogP contribution in [0.15, 0.2) is 42.6 Å². The molecule has 0 saturated heterocycles. The van der Waals surface area contributed by atoms with Crippen molar-refractivity contribution in [1.29, 1.82) is 0 Å². The molecule has 10 heteroatoms. The van der Waals surface area contributed by atoms with Crippen LogP contribution in [-0.2, 0) is 0 Å². The van der Waals surface area contributed by atoms with Crippen LogP contribution < -0.4 is 16.0 Å². The third-order valence-corrected chi connectivity index (χ3v) is 3.80. The number of likely N-dealkylation sites (N-methyl/N-ethyl adjacent to an activating group) is 1. The number of pyridine rings is 1. The number of nitro benzene ring substituents is 1. The summed E-state index contributed by atoms with van der Waals surface area (Å²) >= 11 is 0. The molecule has 1 unspecified atom stereocenters. The number of hydrogen-bond acceptors (Lipinski definition) is 6. The SMILES string of the molecule is CCNCCNC(=O)c1ccc(NC(C)c2ccccn2)c([N+](=O)[O-])c1.Cl.Cl. The van der Waals surface area contributed by atoms with E-state index in [1.54, 1.807) is 18.3 Å². The summed E-state index contributed by atoms with van der Waals surface area (Å²) in [5, 5.41) is 20.3. The molecule has 0 saturated carbocycles. The number of nitro groups is 1. The number of nitrogens with zero attached hydrogens (tertiary/aromatic N) is 2. The molecule has 0 fully saturated rings. The Kier molecular flexibility index (Phi) is 11.8. The van der Waals surface area contributed by atoms with Crippen molar-refractivity contribution in [3.63, 3.8) is 0 Å². The van der Waals surface area contributed by atoms with E-state index < -0.39 is 4.92 Å². The first-order valence-corrected chi connectivity index (χ1v) is 8.47. The average Bonchev–Trinajstić information content (AvgIpc) is 2.65. The first kappa shape index (κ1) is 25.6. The van der Waals surface area contributed by atoms with Gasteiger partial charge in [0.1, 0.15) is 5.69 Å². The first-order chi connectivity index (χ1) is 12.5. The molecule has 2 aromatic rings. The molecular weight excluding hydrogens is 405 g/mol. The van der Waals surface area contributed by atoms with Gasteiger partial charge in [0.25, 0.3) is 11.6 Å². The van der Waals surface area contributed by atoms with E-state index in [9.17, 15) is 14.9 Å². The van der Waals surface area contributed by atoms with Crippen LogP contribution in [0, 0.1) is 10.1 Å². The number of rotatable bonds is 9. The van der Waals surface area contributed by atoms with Crippen molar-refractivity contribution in [2.75, 3.05) is 25.0 Å². The molecule has 1 aromatic heterocycles. The van der Waals surface area contributed by atoms with E-state index in [1.165, 1.54) is 6.07 Å². The lowest BCUT2D eigenvalue weighted by Gasteiger charge is -2.15. The molecule has 0 aliphatic carbocycles. The van der Waals surface area contributed by atoms with Crippen molar-refractivity contribution in [3.05, 3.63) is 64.0 Å². The minimum Gasteiger partial charge on any atom is -0.371 e. The number of hydrogen-bond donors (Lipinski definition) is 3. The number of carbonyl (C=O) groups excluding carboxylic acids is 1. The van der Waals surface area contributed by atoms with Crippen molar-refractivity contribution >= 4 is 42.1 Å². The van der Waals surface area contributed by atoms with Crippen LogP contribution in [-0.4, -0.2) is 35.4 Å². The van der Waals surface area contributed by atoms with Crippen molar-refractivity contribution < 1.29 is 9.72 Å². The lowest BCUT2D eigenvalue weighted by Crippen LogP contribution is -2.31. The molecule has 0 spiro atoms. The van der Waals surface area contributed by atoms with Crippen LogP contribution >= 0.6 is 24.8 Å². The number of anilines is 1. The zero-order valence-corrected chi connectivity index (χ0v) is 17.3. The van der Waals surface area contributed by atoms with E-state index in [2.05, 4.69) is 20.9 Å². The van der Waals surface area contributed by atoms with Gasteiger partial charge in [-0.15, -0.1) is 24.8 Å². The number of nitrogens with one attached hydrogen (secondary N) is 3. The lowest BCUT2D eigenvalue weighted by molar-refractivity contribution is -0.384. The van der Waals surface area contributed by atoms with Gasteiger partial charge in [0.2, 0.25) is 0 Å². The molecule has 0 aliphatic rings. The Labute approximate surface area is 176 Å². The van der Waals surface area contributed by atoms with Gasteiger partial charge in [-0.3, -0.25) is 19.9 Å². The Morgan fingerprint density at radius 2 is 1.96 bits per heavy atom. The zero-order chi connectivity index (χ0) is 18.9. The maximum Gasteiger partial charge on any atom is 0.293 e. The van der Waals surface area contributed by atoms with Crippen molar-refractivity contribution in [2.45, 2.75) is 19.9 Å². The second-order valence-corrected chi connectivity index (χ2v) is 5.72. The van der Waals surface area contributed by atoms with Crippen molar-refractivity contribution in [2.24, 2.45) is 0 Å². The highest BCUT2D eigenvalue weighted by molar-refractivity contribution is 5.95. The van der Waals surface area contributed by atoms with Crippen LogP contribution in [0.3, 0.4) is 0 Å². The van der Waals surface area contributed by atoms with E-state index in [0.29, 0.717) is 18.8 Å². The molecule has 1 heterocycles. The minimum atomic E-state index is -0.497. The Morgan fingerprint density at radius 1 is 1.21 bits per heavy atom. The van der Waals surface area contributed by atoms with Crippen LogP contribution in [0.4, 0.5) is 11.4 Å². The maximum absolute atomic E-state index is 12.1. The summed E-state index contributed by atoms with van der Waals surface area (Å²) in [6.07, 6.45) is 1.67. The van der Waals surface area contributed by atoms with Crippen LogP contribution in [0.2, 0.25) is 0 Å². The molecule has 0 radical (unpaired) electrons. The topological polar surface area (TPSA) is 109 Å². The van der Waals surface area contributed by atoms with E-state index >= 15 is 0 Å². The van der Waals surface area contributed by atoms with E-state index in [4.69, 9.17) is 0 Å². The molecular formula is C18H25Cl2N5O3. The molecule has 0 aliphatic heterocycles. The van der Waals surface area contributed by atoms with Gasteiger partial charge in [-0.05, 0) is 37.7 Å². The number of carbonyl (C=O) groups is 1. The van der Waals surface area contributed by atoms with Crippen LogP contribution in [0.5, 0.6) is 0 Å². The number of amides is 1. The summed E-state index contributed by atoms with van der Waals surface area (Å²) in [7, 11) is 0. The highest BCUT2D eigenvalue weighted by atomic mass is 35.5. The van der Waals surface area contributed by atoms with Gasteiger partial charge in [0.05, 0.1) is 16.7 Å². The predicted molar refractivity (Wildman–Crippen MR) is 115 cm³/mol. The second-order valence-electron chi connectivity index (χ2n) is 5.72. The fourth-order valence-electron chi connectivity index (χ4n) is 2.43. The van der Waals surface area contributed by atoms with Gasteiger partial charge in [-0.2, -0.15) is 0 Å². The minimum absolute atomic E-state index is 0. The summed E-state index contributed by atoms with van der Waals surface area (Å²) in [5.74, 6) is -0.338. The maximum atomic E-state index is 12.1. The van der Waals surface area contributed by atoms with Gasteiger partial charge >= 0.3 is 0 Å². The quantitative estimate of drug-likeness (QED) is 0.320. The monoisotopic (exact) mass is 429 g/mol. The third-order valence-electron chi connectivity index (χ3n) is 3.80. The Balaban J connectivity index is 0.00000364. The average molecular weight is 430 g/mol. The molecule has 2 rings (SSSR count). The van der Waals surface area contributed by atoms with Gasteiger partial charge in [0, 0.05) is 30.9 Å². The smallest absolute Gasteiger partial charge is 0.293 e. The third kappa shape index (κ3) is 7.30. The molecule has 1 atom stereocenters. The standard InChI is InChI=1S/C18H23N5O3.2ClH/c1-3-19-10-11-21-18(24)14-7-8-16(17(12-14)23(25)26)22-13(2)15-6-4-5-9-20-15;;/h4-9,12-13,19,22H,3,10-11H2,1-2H3,(H,21,24);2*1H. The van der Waals surface area contributed by atoms with Crippen LogP contribution in [0.25, 0.3) is 0 Å². The molecule has 3 N–H and O–H groups in total. The van der Waals surface area contributed by atoms with Gasteiger partial charge in [-0.1, -0.05) is 13.0 Å². The van der Waals surface area contributed by atoms with E-state index in [-0.39, 0.29) is 48.0 Å². The zero-order valence-electron chi connectivity index (χ0n) is 15.7. The molecule has 8 nitrogen and oxygen atoms in total. The second kappa shape index (κ2) is 12.9. The molecule has 0 bridgehead atoms. The normalized spacial score (nSPS) is 10.8. The summed E-state index contributed by atoms with van der Waals surface area (Å²) < 4.78 is 0. The van der Waals surface area contributed by atoms with Crippen LogP contribution in [0.1, 0.15) is 35.9 Å². The fraction of sp³-hybridized carbons (Fsp3) is 0.333. The number of halogens is 2. The summed E-state index contributed by atoms with van der Waals surface area (Å²) in [6.45, 7) is 5.76. The largest absolute Gasteiger partial charge is 0.371 e. The van der Waals surface area contributed by atoms with Gasteiger partial charge in [0.15, 0.2) is 0 Å². The Bertz CT molecular complexity index is 762. The molecule has 154 valence electrons. The van der Waals surface area contributed by atoms with Crippen molar-refractivity contribution in [1.82, 2.24) is 15.6 Å². The number of aromatic nitrogens is 1. The van der Waals surface area contributed by atoms with Gasteiger partial charge in [-0.25, -0.2) is 0 Å². The Hall–Kier alpha value is -2.42. The van der Waals surface area contributed by atoms with E-state index in [0.717, 1.165) is 12.2 Å². The number of benzene rings is 1. The van der Waals surface area contributed by atoms with Gasteiger partial charge < -0.3 is 16.0 Å².